The van der Waals surface area contributed by atoms with E-state index < -0.39 is 0 Å². The van der Waals surface area contributed by atoms with Gasteiger partial charge in [0.1, 0.15) is 0 Å². The number of rotatable bonds is 2. The fourth-order valence-electron chi connectivity index (χ4n) is 2.31. The molecule has 0 bridgehead atoms. The van der Waals surface area contributed by atoms with E-state index in [1.165, 1.54) is 0 Å². The van der Waals surface area contributed by atoms with E-state index in [9.17, 15) is 9.59 Å². The Hall–Kier alpha value is -0.810. The van der Waals surface area contributed by atoms with Crippen LogP contribution >= 0.6 is 12.4 Å². The first kappa shape index (κ1) is 14.3. The second kappa shape index (κ2) is 6.21. The van der Waals surface area contributed by atoms with Crippen LogP contribution in [-0.2, 0) is 9.59 Å². The first-order valence-electron chi connectivity index (χ1n) is 5.98. The van der Waals surface area contributed by atoms with Crippen molar-refractivity contribution in [2.24, 2.45) is 5.73 Å². The number of piperidine rings is 1. The summed E-state index contributed by atoms with van der Waals surface area (Å²) in [5.74, 6) is 0.159. The zero-order chi connectivity index (χ0) is 11.5. The van der Waals surface area contributed by atoms with Gasteiger partial charge in [0, 0.05) is 32.1 Å². The number of hydrogen-bond acceptors (Lipinski definition) is 3. The molecule has 0 radical (unpaired) electrons. The van der Waals surface area contributed by atoms with E-state index in [0.29, 0.717) is 13.0 Å². The molecule has 98 valence electrons. The molecule has 0 spiro atoms. The summed E-state index contributed by atoms with van der Waals surface area (Å²) >= 11 is 0. The van der Waals surface area contributed by atoms with Crippen molar-refractivity contribution in [3.05, 3.63) is 0 Å². The van der Waals surface area contributed by atoms with Gasteiger partial charge < -0.3 is 15.5 Å². The Morgan fingerprint density at radius 1 is 1.35 bits per heavy atom. The van der Waals surface area contributed by atoms with Crippen molar-refractivity contribution in [1.29, 1.82) is 0 Å². The maximum atomic E-state index is 11.9. The molecule has 2 saturated heterocycles. The Morgan fingerprint density at radius 3 is 2.71 bits per heavy atom. The highest BCUT2D eigenvalue weighted by Gasteiger charge is 2.27. The second-order valence-electron chi connectivity index (χ2n) is 4.66. The van der Waals surface area contributed by atoms with Gasteiger partial charge in [0.15, 0.2) is 0 Å². The molecule has 5 nitrogen and oxygen atoms in total. The average Bonchev–Trinajstić information content (AvgIpc) is 2.68. The summed E-state index contributed by atoms with van der Waals surface area (Å²) in [6, 6.07) is 0.112. The molecule has 0 unspecified atom stereocenters. The normalized spacial score (nSPS) is 24.8. The Morgan fingerprint density at radius 2 is 2.12 bits per heavy atom. The standard InChI is InChI=1S/C11H19N3O2.ClH/c12-9-4-6-14(7-9)11(16)8-13-5-2-1-3-10(13)15;/h9H,1-8,12H2;1H/t9-;/m1./s1. The monoisotopic (exact) mass is 261 g/mol. The molecule has 1 atom stereocenters. The highest BCUT2D eigenvalue weighted by atomic mass is 35.5. The van der Waals surface area contributed by atoms with Gasteiger partial charge >= 0.3 is 0 Å². The number of nitrogens with zero attached hydrogens (tertiary/aromatic N) is 2. The number of carbonyl (C=O) groups is 2. The van der Waals surface area contributed by atoms with Crippen molar-refractivity contribution >= 4 is 24.2 Å². The third-order valence-electron chi connectivity index (χ3n) is 3.32. The molecule has 2 aliphatic rings. The predicted molar refractivity (Wildman–Crippen MR) is 66.9 cm³/mol. The van der Waals surface area contributed by atoms with Crippen molar-refractivity contribution in [2.75, 3.05) is 26.2 Å². The van der Waals surface area contributed by atoms with Crippen molar-refractivity contribution in [2.45, 2.75) is 31.7 Å². The van der Waals surface area contributed by atoms with E-state index in [1.807, 2.05) is 0 Å². The third-order valence-corrected chi connectivity index (χ3v) is 3.32. The lowest BCUT2D eigenvalue weighted by Gasteiger charge is -2.28. The Kier molecular flexibility index (Phi) is 5.21. The van der Waals surface area contributed by atoms with Crippen molar-refractivity contribution in [3.8, 4) is 0 Å². The molecule has 2 amide bonds. The lowest BCUT2D eigenvalue weighted by atomic mass is 10.1. The fourth-order valence-corrected chi connectivity index (χ4v) is 2.31. The van der Waals surface area contributed by atoms with E-state index in [2.05, 4.69) is 0 Å². The van der Waals surface area contributed by atoms with Gasteiger partial charge in [-0.05, 0) is 19.3 Å². The predicted octanol–water partition coefficient (Wildman–Crippen LogP) is -0.0197. The lowest BCUT2D eigenvalue weighted by Crippen LogP contribution is -2.44. The van der Waals surface area contributed by atoms with Crippen LogP contribution in [0.25, 0.3) is 0 Å². The van der Waals surface area contributed by atoms with Gasteiger partial charge in [0.05, 0.1) is 6.54 Å². The van der Waals surface area contributed by atoms with Gasteiger partial charge in [0.25, 0.3) is 0 Å². The molecule has 6 heteroatoms. The molecule has 2 heterocycles. The van der Waals surface area contributed by atoms with Crippen LogP contribution in [0.2, 0.25) is 0 Å². The zero-order valence-corrected chi connectivity index (χ0v) is 10.7. The van der Waals surface area contributed by atoms with Crippen LogP contribution in [0.4, 0.5) is 0 Å². The Labute approximate surface area is 108 Å². The van der Waals surface area contributed by atoms with Gasteiger partial charge in [0.2, 0.25) is 11.8 Å². The van der Waals surface area contributed by atoms with Crippen LogP contribution in [0.3, 0.4) is 0 Å². The summed E-state index contributed by atoms with van der Waals surface area (Å²) in [5.41, 5.74) is 5.75. The molecular formula is C11H20ClN3O2. The minimum absolute atomic E-state index is 0. The molecule has 2 fully saturated rings. The zero-order valence-electron chi connectivity index (χ0n) is 9.93. The first-order valence-corrected chi connectivity index (χ1v) is 5.98. The Bertz CT molecular complexity index is 298. The van der Waals surface area contributed by atoms with Gasteiger partial charge in [-0.25, -0.2) is 0 Å². The molecule has 0 aromatic carbocycles. The summed E-state index contributed by atoms with van der Waals surface area (Å²) in [7, 11) is 0. The minimum atomic E-state index is 0. The fraction of sp³-hybridized carbons (Fsp3) is 0.818. The smallest absolute Gasteiger partial charge is 0.242 e. The van der Waals surface area contributed by atoms with Gasteiger partial charge in [-0.3, -0.25) is 9.59 Å². The van der Waals surface area contributed by atoms with Crippen LogP contribution < -0.4 is 5.73 Å². The number of amides is 2. The summed E-state index contributed by atoms with van der Waals surface area (Å²) in [6.07, 6.45) is 3.43. The van der Waals surface area contributed by atoms with E-state index in [1.54, 1.807) is 9.80 Å². The summed E-state index contributed by atoms with van der Waals surface area (Å²) < 4.78 is 0. The SMILES string of the molecule is Cl.N[C@@H]1CCN(C(=O)CN2CCCCC2=O)C1. The molecular weight excluding hydrogens is 242 g/mol. The molecule has 2 rings (SSSR count). The minimum Gasteiger partial charge on any atom is -0.340 e. The number of likely N-dealkylation sites (tertiary alicyclic amines) is 2. The number of halogens is 1. The van der Waals surface area contributed by atoms with E-state index in [0.717, 1.165) is 32.4 Å². The average molecular weight is 262 g/mol. The lowest BCUT2D eigenvalue weighted by molar-refractivity contribution is -0.141. The number of nitrogens with two attached hydrogens (primary N) is 1. The molecule has 0 aliphatic carbocycles. The van der Waals surface area contributed by atoms with Crippen LogP contribution in [0, 0.1) is 0 Å². The van der Waals surface area contributed by atoms with Gasteiger partial charge in [-0.2, -0.15) is 0 Å². The first-order chi connectivity index (χ1) is 7.66. The molecule has 0 aromatic heterocycles. The van der Waals surface area contributed by atoms with Crippen molar-refractivity contribution in [1.82, 2.24) is 9.80 Å². The highest BCUT2D eigenvalue weighted by molar-refractivity contribution is 5.85. The van der Waals surface area contributed by atoms with E-state index in [-0.39, 0.29) is 36.8 Å². The maximum Gasteiger partial charge on any atom is 0.242 e. The summed E-state index contributed by atoms with van der Waals surface area (Å²) in [5, 5.41) is 0. The van der Waals surface area contributed by atoms with Gasteiger partial charge in [-0.15, -0.1) is 12.4 Å². The van der Waals surface area contributed by atoms with Crippen molar-refractivity contribution in [3.63, 3.8) is 0 Å². The second-order valence-corrected chi connectivity index (χ2v) is 4.66. The quantitative estimate of drug-likeness (QED) is 0.760. The molecule has 0 saturated carbocycles. The van der Waals surface area contributed by atoms with Crippen LogP contribution in [0.15, 0.2) is 0 Å². The van der Waals surface area contributed by atoms with E-state index >= 15 is 0 Å². The van der Waals surface area contributed by atoms with Crippen molar-refractivity contribution < 1.29 is 9.59 Å². The molecule has 2 N–H and O–H groups in total. The summed E-state index contributed by atoms with van der Waals surface area (Å²) in [6.45, 7) is 2.35. The van der Waals surface area contributed by atoms with Crippen LogP contribution in [0.5, 0.6) is 0 Å². The number of carbonyl (C=O) groups excluding carboxylic acids is 2. The Balaban J connectivity index is 0.00000144. The van der Waals surface area contributed by atoms with Crippen LogP contribution in [0.1, 0.15) is 25.7 Å². The number of hydrogen-bond donors (Lipinski definition) is 1. The maximum absolute atomic E-state index is 11.9. The molecule has 17 heavy (non-hydrogen) atoms. The third kappa shape index (κ3) is 3.57. The van der Waals surface area contributed by atoms with Crippen LogP contribution in [-0.4, -0.2) is 53.8 Å². The summed E-state index contributed by atoms with van der Waals surface area (Å²) in [4.78, 5) is 26.9. The topological polar surface area (TPSA) is 66.6 Å². The van der Waals surface area contributed by atoms with E-state index in [4.69, 9.17) is 5.73 Å². The largest absolute Gasteiger partial charge is 0.340 e. The molecule has 2 aliphatic heterocycles. The van der Waals surface area contributed by atoms with Gasteiger partial charge in [-0.1, -0.05) is 0 Å². The highest BCUT2D eigenvalue weighted by Crippen LogP contribution is 2.12. The molecule has 0 aromatic rings.